The Morgan fingerprint density at radius 2 is 2.36 bits per heavy atom. The van der Waals surface area contributed by atoms with Gasteiger partial charge in [0.1, 0.15) is 6.33 Å². The van der Waals surface area contributed by atoms with E-state index in [4.69, 9.17) is 0 Å². The van der Waals surface area contributed by atoms with E-state index in [1.165, 1.54) is 0 Å². The van der Waals surface area contributed by atoms with Crippen LogP contribution in [0.15, 0.2) is 18.6 Å². The highest BCUT2D eigenvalue weighted by Crippen LogP contribution is 1.95. The summed E-state index contributed by atoms with van der Waals surface area (Å²) in [5.41, 5.74) is 1.07. The molecule has 0 aliphatic rings. The Hall–Kier alpha value is -0.960. The van der Waals surface area contributed by atoms with Gasteiger partial charge in [0, 0.05) is 12.7 Å². The van der Waals surface area contributed by atoms with Gasteiger partial charge in [-0.2, -0.15) is 0 Å². The average molecular weight is 151 g/mol. The van der Waals surface area contributed by atoms with E-state index in [1.807, 2.05) is 6.07 Å². The van der Waals surface area contributed by atoms with Crippen molar-refractivity contribution in [1.29, 1.82) is 0 Å². The molecular formula is C8H13N3. The van der Waals surface area contributed by atoms with Gasteiger partial charge < -0.3 is 4.90 Å². The quantitative estimate of drug-likeness (QED) is 0.643. The Bertz CT molecular complexity index is 198. The first kappa shape index (κ1) is 8.14. The fourth-order valence-electron chi connectivity index (χ4n) is 0.800. The van der Waals surface area contributed by atoms with E-state index >= 15 is 0 Å². The first-order valence-electron chi connectivity index (χ1n) is 3.76. The number of hydrogen-bond donors (Lipinski definition) is 0. The molecule has 0 aliphatic carbocycles. The highest BCUT2D eigenvalue weighted by Gasteiger charge is 1.96. The molecule has 3 heteroatoms. The lowest BCUT2D eigenvalue weighted by Gasteiger charge is -2.11. The van der Waals surface area contributed by atoms with Crippen LogP contribution < -0.4 is 0 Å². The lowest BCUT2D eigenvalue weighted by atomic mass is 10.4. The zero-order valence-corrected chi connectivity index (χ0v) is 6.99. The summed E-state index contributed by atoms with van der Waals surface area (Å²) in [6.45, 7) is 4.07. The molecule has 0 bridgehead atoms. The topological polar surface area (TPSA) is 29.0 Å². The molecule has 1 aromatic rings. The zero-order valence-electron chi connectivity index (χ0n) is 6.99. The smallest absolute Gasteiger partial charge is 0.115 e. The molecule has 3 nitrogen and oxygen atoms in total. The summed E-state index contributed by atoms with van der Waals surface area (Å²) in [5.74, 6) is 0. The first-order valence-corrected chi connectivity index (χ1v) is 3.76. The number of aromatic nitrogens is 2. The van der Waals surface area contributed by atoms with Gasteiger partial charge in [0.15, 0.2) is 0 Å². The minimum Gasteiger partial charge on any atom is -0.301 e. The third kappa shape index (κ3) is 2.63. The standard InChI is InChI=1S/C8H13N3/c1-3-11(2)6-8-4-5-9-7-10-8/h4-5,7H,3,6H2,1-2H3. The monoisotopic (exact) mass is 151 g/mol. The fraction of sp³-hybridized carbons (Fsp3) is 0.500. The molecule has 1 aromatic heterocycles. The molecule has 0 radical (unpaired) electrons. The lowest BCUT2D eigenvalue weighted by Crippen LogP contribution is -2.17. The molecule has 0 N–H and O–H groups in total. The second-order valence-corrected chi connectivity index (χ2v) is 2.53. The van der Waals surface area contributed by atoms with Crippen LogP contribution in [-0.4, -0.2) is 28.5 Å². The first-order chi connectivity index (χ1) is 5.33. The summed E-state index contributed by atoms with van der Waals surface area (Å²) >= 11 is 0. The van der Waals surface area contributed by atoms with Crippen LogP contribution in [-0.2, 0) is 6.54 Å². The Morgan fingerprint density at radius 3 is 2.91 bits per heavy atom. The predicted molar refractivity (Wildman–Crippen MR) is 44.0 cm³/mol. The van der Waals surface area contributed by atoms with Gasteiger partial charge >= 0.3 is 0 Å². The molecule has 0 aliphatic heterocycles. The Labute approximate surface area is 67.1 Å². The summed E-state index contributed by atoms with van der Waals surface area (Å²) in [7, 11) is 2.07. The van der Waals surface area contributed by atoms with Gasteiger partial charge in [-0.15, -0.1) is 0 Å². The summed E-state index contributed by atoms with van der Waals surface area (Å²) in [5, 5.41) is 0. The second kappa shape index (κ2) is 4.03. The molecule has 1 rings (SSSR count). The van der Waals surface area contributed by atoms with Gasteiger partial charge in [-0.3, -0.25) is 0 Å². The zero-order chi connectivity index (χ0) is 8.10. The molecule has 0 fully saturated rings. The van der Waals surface area contributed by atoms with Gasteiger partial charge in [-0.25, -0.2) is 9.97 Å². The van der Waals surface area contributed by atoms with E-state index < -0.39 is 0 Å². The third-order valence-corrected chi connectivity index (χ3v) is 1.61. The van der Waals surface area contributed by atoms with Crippen molar-refractivity contribution in [3.05, 3.63) is 24.3 Å². The van der Waals surface area contributed by atoms with Gasteiger partial charge in [0.25, 0.3) is 0 Å². The van der Waals surface area contributed by atoms with Crippen molar-refractivity contribution in [1.82, 2.24) is 14.9 Å². The summed E-state index contributed by atoms with van der Waals surface area (Å²) in [6, 6.07) is 1.94. The van der Waals surface area contributed by atoms with Crippen LogP contribution in [0.2, 0.25) is 0 Å². The van der Waals surface area contributed by atoms with Gasteiger partial charge in [-0.05, 0) is 19.7 Å². The predicted octanol–water partition coefficient (Wildman–Crippen LogP) is 0.928. The van der Waals surface area contributed by atoms with E-state index in [0.717, 1.165) is 18.8 Å². The summed E-state index contributed by atoms with van der Waals surface area (Å²) in [6.07, 6.45) is 3.35. The highest BCUT2D eigenvalue weighted by molar-refractivity contribution is 4.96. The molecule has 0 amide bonds. The molecule has 1 heterocycles. The number of hydrogen-bond acceptors (Lipinski definition) is 3. The molecule has 0 atom stereocenters. The van der Waals surface area contributed by atoms with Crippen LogP contribution in [0.4, 0.5) is 0 Å². The maximum absolute atomic E-state index is 4.11. The molecule has 0 unspecified atom stereocenters. The minimum atomic E-state index is 0.902. The second-order valence-electron chi connectivity index (χ2n) is 2.53. The highest BCUT2D eigenvalue weighted by atomic mass is 15.1. The van der Waals surface area contributed by atoms with Crippen LogP contribution in [0.25, 0.3) is 0 Å². The van der Waals surface area contributed by atoms with E-state index in [2.05, 4.69) is 28.8 Å². The molecular weight excluding hydrogens is 138 g/mol. The van der Waals surface area contributed by atoms with Gasteiger partial charge in [0.2, 0.25) is 0 Å². The van der Waals surface area contributed by atoms with Crippen molar-refractivity contribution in [2.24, 2.45) is 0 Å². The Kier molecular flexibility index (Phi) is 2.98. The van der Waals surface area contributed by atoms with Crippen molar-refractivity contribution >= 4 is 0 Å². The molecule has 0 saturated carbocycles. The van der Waals surface area contributed by atoms with E-state index in [-0.39, 0.29) is 0 Å². The lowest BCUT2D eigenvalue weighted by molar-refractivity contribution is 0.341. The largest absolute Gasteiger partial charge is 0.301 e. The summed E-state index contributed by atoms with van der Waals surface area (Å²) in [4.78, 5) is 10.2. The summed E-state index contributed by atoms with van der Waals surface area (Å²) < 4.78 is 0. The average Bonchev–Trinajstić information content (AvgIpc) is 2.06. The molecule has 0 spiro atoms. The third-order valence-electron chi connectivity index (χ3n) is 1.61. The number of nitrogens with zero attached hydrogens (tertiary/aromatic N) is 3. The molecule has 11 heavy (non-hydrogen) atoms. The van der Waals surface area contributed by atoms with Crippen molar-refractivity contribution in [3.8, 4) is 0 Å². The van der Waals surface area contributed by atoms with Gasteiger partial charge in [0.05, 0.1) is 5.69 Å². The molecule has 0 aromatic carbocycles. The van der Waals surface area contributed by atoms with Crippen LogP contribution >= 0.6 is 0 Å². The van der Waals surface area contributed by atoms with Crippen LogP contribution in [0, 0.1) is 0 Å². The van der Waals surface area contributed by atoms with Crippen LogP contribution in [0.1, 0.15) is 12.6 Å². The van der Waals surface area contributed by atoms with E-state index in [0.29, 0.717) is 0 Å². The maximum atomic E-state index is 4.11. The maximum Gasteiger partial charge on any atom is 0.115 e. The van der Waals surface area contributed by atoms with Crippen molar-refractivity contribution in [2.75, 3.05) is 13.6 Å². The van der Waals surface area contributed by atoms with Crippen LogP contribution in [0.5, 0.6) is 0 Å². The number of rotatable bonds is 3. The van der Waals surface area contributed by atoms with Gasteiger partial charge in [-0.1, -0.05) is 6.92 Å². The molecule has 0 saturated heterocycles. The van der Waals surface area contributed by atoms with Crippen LogP contribution in [0.3, 0.4) is 0 Å². The minimum absolute atomic E-state index is 0.902. The SMILES string of the molecule is CCN(C)Cc1ccncn1. The van der Waals surface area contributed by atoms with Crippen molar-refractivity contribution in [3.63, 3.8) is 0 Å². The van der Waals surface area contributed by atoms with E-state index in [9.17, 15) is 0 Å². The molecule has 60 valence electrons. The Morgan fingerprint density at radius 1 is 1.55 bits per heavy atom. The normalized spacial score (nSPS) is 10.5. The van der Waals surface area contributed by atoms with Crippen molar-refractivity contribution < 1.29 is 0 Å². The van der Waals surface area contributed by atoms with Crippen molar-refractivity contribution in [2.45, 2.75) is 13.5 Å². The fourth-order valence-corrected chi connectivity index (χ4v) is 0.800. The Balaban J connectivity index is 2.51. The van der Waals surface area contributed by atoms with E-state index in [1.54, 1.807) is 12.5 Å².